The van der Waals surface area contributed by atoms with Gasteiger partial charge in [-0.3, -0.25) is 4.79 Å². The van der Waals surface area contributed by atoms with Gasteiger partial charge in [0.1, 0.15) is 11.9 Å². The highest BCUT2D eigenvalue weighted by Gasteiger charge is 2.42. The van der Waals surface area contributed by atoms with Gasteiger partial charge < -0.3 is 15.4 Å². The largest absolute Gasteiger partial charge is 0.367 e. The first-order valence-electron chi connectivity index (χ1n) is 9.95. The first kappa shape index (κ1) is 21.0. The van der Waals surface area contributed by atoms with Crippen molar-refractivity contribution in [2.45, 2.75) is 36.3 Å². The average Bonchev–Trinajstić information content (AvgIpc) is 2.72. The molecule has 2 heterocycles. The molecule has 1 fully saturated rings. The summed E-state index contributed by atoms with van der Waals surface area (Å²) in [4.78, 5) is 15.2. The minimum atomic E-state index is -3.36. The van der Waals surface area contributed by atoms with Crippen molar-refractivity contribution in [3.63, 3.8) is 0 Å². The van der Waals surface area contributed by atoms with E-state index < -0.39 is 27.2 Å². The Morgan fingerprint density at radius 3 is 2.53 bits per heavy atom. The van der Waals surface area contributed by atoms with Gasteiger partial charge >= 0.3 is 0 Å². The standard InChI is InChI=1S/C22H25FN2O4S/c1-30(27,28)20-13-29-19(12-18(20)24)22(26)25-11-10-14-4-2-3-5-17(14)21(25)15-6-8-16(23)9-7-15/h2-9,18-21H,10-13,24H2,1H3/t18-,19+,20-,21-/m0/s1. The fraction of sp³-hybridized carbons (Fsp3) is 0.409. The second-order valence-corrected chi connectivity index (χ2v) is 10.3. The molecule has 2 N–H and O–H groups in total. The van der Waals surface area contributed by atoms with Gasteiger partial charge in [0.05, 0.1) is 17.9 Å². The molecule has 0 saturated carbocycles. The smallest absolute Gasteiger partial charge is 0.252 e. The Hall–Kier alpha value is -2.29. The Balaban J connectivity index is 1.64. The van der Waals surface area contributed by atoms with Crippen LogP contribution in [0.5, 0.6) is 0 Å². The Morgan fingerprint density at radius 1 is 1.17 bits per heavy atom. The van der Waals surface area contributed by atoms with Gasteiger partial charge in [0.2, 0.25) is 0 Å². The third-order valence-electron chi connectivity index (χ3n) is 6.00. The Kier molecular flexibility index (Phi) is 5.65. The van der Waals surface area contributed by atoms with E-state index in [1.54, 1.807) is 17.0 Å². The van der Waals surface area contributed by atoms with Crippen LogP contribution in [-0.4, -0.2) is 56.0 Å². The summed E-state index contributed by atoms with van der Waals surface area (Å²) in [5.74, 6) is -0.560. The number of benzene rings is 2. The Labute approximate surface area is 175 Å². The van der Waals surface area contributed by atoms with Gasteiger partial charge in [0.15, 0.2) is 9.84 Å². The molecule has 0 aliphatic carbocycles. The summed E-state index contributed by atoms with van der Waals surface area (Å²) in [5.41, 5.74) is 9.05. The minimum Gasteiger partial charge on any atom is -0.367 e. The van der Waals surface area contributed by atoms with Crippen LogP contribution in [0.1, 0.15) is 29.2 Å². The van der Waals surface area contributed by atoms with Gasteiger partial charge in [-0.2, -0.15) is 0 Å². The van der Waals surface area contributed by atoms with Gasteiger partial charge in [-0.05, 0) is 41.7 Å². The first-order valence-corrected chi connectivity index (χ1v) is 11.9. The van der Waals surface area contributed by atoms with Crippen LogP contribution in [0.2, 0.25) is 0 Å². The average molecular weight is 433 g/mol. The number of nitrogens with zero attached hydrogens (tertiary/aromatic N) is 1. The summed E-state index contributed by atoms with van der Waals surface area (Å²) >= 11 is 0. The molecule has 160 valence electrons. The summed E-state index contributed by atoms with van der Waals surface area (Å²) in [7, 11) is -3.36. The van der Waals surface area contributed by atoms with Crippen molar-refractivity contribution >= 4 is 15.7 Å². The molecule has 4 atom stereocenters. The van der Waals surface area contributed by atoms with Crippen molar-refractivity contribution in [2.24, 2.45) is 5.73 Å². The maximum Gasteiger partial charge on any atom is 0.252 e. The van der Waals surface area contributed by atoms with E-state index in [1.165, 1.54) is 12.1 Å². The molecular formula is C22H25FN2O4S. The van der Waals surface area contributed by atoms with Crippen LogP contribution in [0.25, 0.3) is 0 Å². The van der Waals surface area contributed by atoms with Crippen molar-refractivity contribution in [1.82, 2.24) is 4.90 Å². The van der Waals surface area contributed by atoms with Gasteiger partial charge in [-0.15, -0.1) is 0 Å². The first-order chi connectivity index (χ1) is 14.3. The van der Waals surface area contributed by atoms with Crippen LogP contribution in [0.4, 0.5) is 4.39 Å². The zero-order valence-corrected chi connectivity index (χ0v) is 17.5. The highest BCUT2D eigenvalue weighted by Crippen LogP contribution is 2.36. The molecular weight excluding hydrogens is 407 g/mol. The topological polar surface area (TPSA) is 89.7 Å². The molecule has 2 aromatic carbocycles. The number of carbonyl (C=O) groups is 1. The SMILES string of the molecule is CS(=O)(=O)[C@H]1CO[C@@H](C(=O)N2CCc3ccccc3[C@@H]2c2ccc(F)cc2)C[C@@H]1N. The molecule has 8 heteroatoms. The predicted molar refractivity (Wildman–Crippen MR) is 111 cm³/mol. The summed E-state index contributed by atoms with van der Waals surface area (Å²) < 4.78 is 43.0. The number of hydrogen-bond acceptors (Lipinski definition) is 5. The fourth-order valence-corrected chi connectivity index (χ4v) is 5.48. The summed E-state index contributed by atoms with van der Waals surface area (Å²) in [6.07, 6.45) is 1.18. The van der Waals surface area contributed by atoms with Crippen LogP contribution in [0, 0.1) is 5.82 Å². The molecule has 1 saturated heterocycles. The molecule has 1 amide bonds. The number of fused-ring (bicyclic) bond motifs is 1. The summed E-state index contributed by atoms with van der Waals surface area (Å²) in [5, 5.41) is -0.809. The monoisotopic (exact) mass is 432 g/mol. The zero-order valence-electron chi connectivity index (χ0n) is 16.7. The summed E-state index contributed by atoms with van der Waals surface area (Å²) in [6.45, 7) is 0.393. The van der Waals surface area contributed by atoms with E-state index in [1.807, 2.05) is 24.3 Å². The lowest BCUT2D eigenvalue weighted by Gasteiger charge is -2.41. The number of rotatable bonds is 3. The van der Waals surface area contributed by atoms with Crippen LogP contribution in [0.3, 0.4) is 0 Å². The number of amides is 1. The van der Waals surface area contributed by atoms with Gasteiger partial charge in [-0.25, -0.2) is 12.8 Å². The van der Waals surface area contributed by atoms with Crippen LogP contribution < -0.4 is 5.73 Å². The number of carbonyl (C=O) groups excluding carboxylic acids is 1. The van der Waals surface area contributed by atoms with Gasteiger partial charge in [0, 0.05) is 18.8 Å². The molecule has 0 radical (unpaired) electrons. The highest BCUT2D eigenvalue weighted by molar-refractivity contribution is 7.91. The molecule has 2 aliphatic rings. The normalized spacial score (nSPS) is 26.8. The second kappa shape index (κ2) is 8.09. The van der Waals surface area contributed by atoms with Crippen molar-refractivity contribution < 1.29 is 22.3 Å². The molecule has 2 aliphatic heterocycles. The molecule has 30 heavy (non-hydrogen) atoms. The lowest BCUT2D eigenvalue weighted by Crippen LogP contribution is -2.55. The van der Waals surface area contributed by atoms with E-state index >= 15 is 0 Å². The molecule has 0 spiro atoms. The molecule has 0 unspecified atom stereocenters. The molecule has 0 aromatic heterocycles. The van der Waals surface area contributed by atoms with E-state index in [9.17, 15) is 17.6 Å². The Bertz CT molecular complexity index is 1040. The van der Waals surface area contributed by atoms with Crippen LogP contribution in [0.15, 0.2) is 48.5 Å². The van der Waals surface area contributed by atoms with Crippen molar-refractivity contribution in [3.05, 3.63) is 71.0 Å². The number of hydrogen-bond donors (Lipinski definition) is 1. The van der Waals surface area contributed by atoms with E-state index in [0.29, 0.717) is 13.0 Å². The number of sulfone groups is 1. The summed E-state index contributed by atoms with van der Waals surface area (Å²) in [6, 6.07) is 13.0. The zero-order chi connectivity index (χ0) is 21.5. The number of halogens is 1. The van der Waals surface area contributed by atoms with E-state index in [0.717, 1.165) is 22.9 Å². The van der Waals surface area contributed by atoms with E-state index in [4.69, 9.17) is 10.5 Å². The second-order valence-electron chi connectivity index (χ2n) is 8.02. The van der Waals surface area contributed by atoms with Gasteiger partial charge in [-0.1, -0.05) is 36.4 Å². The van der Waals surface area contributed by atoms with Crippen LogP contribution in [-0.2, 0) is 25.8 Å². The van der Waals surface area contributed by atoms with E-state index in [-0.39, 0.29) is 30.8 Å². The number of nitrogens with two attached hydrogens (primary N) is 1. The fourth-order valence-electron chi connectivity index (χ4n) is 4.41. The molecule has 2 aromatic rings. The van der Waals surface area contributed by atoms with Gasteiger partial charge in [0.25, 0.3) is 5.91 Å². The molecule has 4 rings (SSSR count). The van der Waals surface area contributed by atoms with Crippen molar-refractivity contribution in [2.75, 3.05) is 19.4 Å². The maximum atomic E-state index is 13.5. The third kappa shape index (κ3) is 3.99. The van der Waals surface area contributed by atoms with Crippen molar-refractivity contribution in [3.8, 4) is 0 Å². The Morgan fingerprint density at radius 2 is 1.87 bits per heavy atom. The molecule has 0 bridgehead atoms. The maximum absolute atomic E-state index is 13.5. The number of ether oxygens (including phenoxy) is 1. The minimum absolute atomic E-state index is 0.0952. The third-order valence-corrected chi connectivity index (χ3v) is 7.59. The van der Waals surface area contributed by atoms with Crippen molar-refractivity contribution in [1.29, 1.82) is 0 Å². The highest BCUT2D eigenvalue weighted by atomic mass is 32.2. The lowest BCUT2D eigenvalue weighted by molar-refractivity contribution is -0.149. The van der Waals surface area contributed by atoms with E-state index in [2.05, 4.69) is 0 Å². The predicted octanol–water partition coefficient (Wildman–Crippen LogP) is 1.83. The molecule has 6 nitrogen and oxygen atoms in total. The lowest BCUT2D eigenvalue weighted by atomic mass is 9.87. The van der Waals surface area contributed by atoms with Crippen LogP contribution >= 0.6 is 0 Å². The quantitative estimate of drug-likeness (QED) is 0.799.